The van der Waals surface area contributed by atoms with E-state index in [1.165, 1.54) is 4.57 Å². The highest BCUT2D eigenvalue weighted by Crippen LogP contribution is 2.22. The first-order valence-corrected chi connectivity index (χ1v) is 5.80. The van der Waals surface area contributed by atoms with Gasteiger partial charge in [-0.15, -0.1) is 11.3 Å². The number of nitrogens with zero attached hydrogens (tertiary/aromatic N) is 1. The van der Waals surface area contributed by atoms with Gasteiger partial charge in [0.25, 0.3) is 0 Å². The Balaban J connectivity index is 2.36. The molecule has 0 atom stereocenters. The van der Waals surface area contributed by atoms with Gasteiger partial charge in [0.1, 0.15) is 0 Å². The summed E-state index contributed by atoms with van der Waals surface area (Å²) in [7, 11) is 0. The van der Waals surface area contributed by atoms with Crippen molar-refractivity contribution in [2.45, 2.75) is 6.54 Å². The molecule has 0 fully saturated rings. The van der Waals surface area contributed by atoms with Crippen LogP contribution in [0.4, 0.5) is 0 Å². The van der Waals surface area contributed by atoms with Crippen molar-refractivity contribution in [3.63, 3.8) is 0 Å². The third kappa shape index (κ3) is 1.89. The van der Waals surface area contributed by atoms with E-state index in [4.69, 9.17) is 12.2 Å². The maximum atomic E-state index is 11.3. The van der Waals surface area contributed by atoms with Crippen molar-refractivity contribution >= 4 is 39.5 Å². The molecule has 0 saturated heterocycles. The Morgan fingerprint density at radius 3 is 2.79 bits per heavy atom. The summed E-state index contributed by atoms with van der Waals surface area (Å²) in [4.78, 5) is 12.3. The molecule has 4 nitrogen and oxygen atoms in total. The van der Waals surface area contributed by atoms with E-state index in [1.54, 1.807) is 11.3 Å². The third-order valence-electron chi connectivity index (χ3n) is 1.71. The fourth-order valence-corrected chi connectivity index (χ4v) is 2.74. The van der Waals surface area contributed by atoms with Crippen molar-refractivity contribution in [1.29, 1.82) is 0 Å². The number of H-pyrrole nitrogens is 2. The molecule has 2 N–H and O–H groups in total. The summed E-state index contributed by atoms with van der Waals surface area (Å²) in [5.41, 5.74) is -0.209. The lowest BCUT2D eigenvalue weighted by molar-refractivity contribution is 0.761. The highest BCUT2D eigenvalue weighted by molar-refractivity contribution is 9.11. The molecule has 0 spiro atoms. The summed E-state index contributed by atoms with van der Waals surface area (Å²) in [6, 6.07) is 3.91. The molecule has 7 heteroatoms. The Labute approximate surface area is 96.7 Å². The summed E-state index contributed by atoms with van der Waals surface area (Å²) < 4.78 is 2.94. The lowest BCUT2D eigenvalue weighted by Crippen LogP contribution is -2.16. The minimum absolute atomic E-state index is 0.209. The van der Waals surface area contributed by atoms with Gasteiger partial charge in [-0.3, -0.25) is 9.67 Å². The van der Waals surface area contributed by atoms with Gasteiger partial charge in [0, 0.05) is 4.88 Å². The molecular formula is C7H6BrN3OS2. The molecule has 2 aromatic rings. The number of aromatic nitrogens is 3. The zero-order chi connectivity index (χ0) is 10.1. The molecule has 74 valence electrons. The normalized spacial score (nSPS) is 10.6. The summed E-state index contributed by atoms with van der Waals surface area (Å²) >= 11 is 9.90. The second kappa shape index (κ2) is 3.84. The third-order valence-corrected chi connectivity index (χ3v) is 3.64. The molecular weight excluding hydrogens is 286 g/mol. The average molecular weight is 292 g/mol. The number of hydrogen-bond acceptors (Lipinski definition) is 3. The molecule has 0 radical (unpaired) electrons. The van der Waals surface area contributed by atoms with Crippen LogP contribution in [0.15, 0.2) is 20.7 Å². The highest BCUT2D eigenvalue weighted by atomic mass is 79.9. The van der Waals surface area contributed by atoms with Gasteiger partial charge in [-0.1, -0.05) is 0 Å². The van der Waals surface area contributed by atoms with Crippen LogP contribution in [-0.2, 0) is 6.54 Å². The average Bonchev–Trinajstić information content (AvgIpc) is 2.67. The Kier molecular flexibility index (Phi) is 2.71. The number of halogens is 1. The molecule has 0 aromatic carbocycles. The van der Waals surface area contributed by atoms with E-state index in [0.717, 1.165) is 8.66 Å². The van der Waals surface area contributed by atoms with Crippen molar-refractivity contribution in [2.24, 2.45) is 0 Å². The van der Waals surface area contributed by atoms with E-state index in [2.05, 4.69) is 26.1 Å². The number of nitrogens with one attached hydrogen (secondary N) is 2. The minimum Gasteiger partial charge on any atom is -0.272 e. The van der Waals surface area contributed by atoms with Crippen molar-refractivity contribution in [1.82, 2.24) is 14.8 Å². The van der Waals surface area contributed by atoms with Crippen LogP contribution in [0.2, 0.25) is 0 Å². The Bertz CT molecular complexity index is 522. The Morgan fingerprint density at radius 1 is 1.50 bits per heavy atom. The molecule has 0 saturated carbocycles. The van der Waals surface area contributed by atoms with Gasteiger partial charge in [-0.2, -0.15) is 0 Å². The SMILES string of the molecule is O=c1[nH][nH]c(=S)n1Cc1ccc(Br)s1. The largest absolute Gasteiger partial charge is 0.342 e. The van der Waals surface area contributed by atoms with Gasteiger partial charge in [0.2, 0.25) is 0 Å². The molecule has 0 aliphatic carbocycles. The molecule has 14 heavy (non-hydrogen) atoms. The number of aromatic amines is 2. The number of rotatable bonds is 2. The Hall–Kier alpha value is -0.660. The molecule has 0 aliphatic rings. The van der Waals surface area contributed by atoms with Crippen molar-refractivity contribution in [2.75, 3.05) is 0 Å². The lowest BCUT2D eigenvalue weighted by atomic mass is 10.5. The maximum absolute atomic E-state index is 11.3. The summed E-state index contributed by atoms with van der Waals surface area (Å²) in [5.74, 6) is 0. The second-order valence-corrected chi connectivity index (χ2v) is 5.59. The van der Waals surface area contributed by atoms with Gasteiger partial charge < -0.3 is 0 Å². The quantitative estimate of drug-likeness (QED) is 0.833. The van der Waals surface area contributed by atoms with E-state index < -0.39 is 0 Å². The smallest absolute Gasteiger partial charge is 0.272 e. The highest BCUT2D eigenvalue weighted by Gasteiger charge is 2.03. The van der Waals surface area contributed by atoms with Crippen molar-refractivity contribution in [3.8, 4) is 0 Å². The van der Waals surface area contributed by atoms with Crippen LogP contribution in [0.1, 0.15) is 4.88 Å². The summed E-state index contributed by atoms with van der Waals surface area (Å²) in [5, 5.41) is 5.03. The van der Waals surface area contributed by atoms with Gasteiger partial charge in [-0.25, -0.2) is 9.89 Å². The zero-order valence-electron chi connectivity index (χ0n) is 6.91. The van der Waals surface area contributed by atoms with E-state index in [0.29, 0.717) is 11.3 Å². The maximum Gasteiger partial charge on any atom is 0.342 e. The molecule has 0 amide bonds. The van der Waals surface area contributed by atoms with Crippen LogP contribution in [0.3, 0.4) is 0 Å². The molecule has 0 unspecified atom stereocenters. The monoisotopic (exact) mass is 291 g/mol. The van der Waals surface area contributed by atoms with Crippen molar-refractivity contribution in [3.05, 3.63) is 36.1 Å². The molecule has 2 heterocycles. The Morgan fingerprint density at radius 2 is 2.29 bits per heavy atom. The molecule has 0 aliphatic heterocycles. The molecule has 2 rings (SSSR count). The predicted molar refractivity (Wildman–Crippen MR) is 61.4 cm³/mol. The number of hydrogen-bond donors (Lipinski definition) is 2. The number of thiophene rings is 1. The first-order valence-electron chi connectivity index (χ1n) is 3.78. The topological polar surface area (TPSA) is 53.6 Å². The predicted octanol–water partition coefficient (Wildman–Crippen LogP) is 2.11. The first-order chi connectivity index (χ1) is 6.66. The van der Waals surface area contributed by atoms with E-state index in [9.17, 15) is 4.79 Å². The van der Waals surface area contributed by atoms with Crippen LogP contribution in [0, 0.1) is 4.77 Å². The van der Waals surface area contributed by atoms with Crippen LogP contribution >= 0.6 is 39.5 Å². The molecule has 2 aromatic heterocycles. The van der Waals surface area contributed by atoms with Gasteiger partial charge in [-0.05, 0) is 40.3 Å². The van der Waals surface area contributed by atoms with Crippen LogP contribution in [0.5, 0.6) is 0 Å². The van der Waals surface area contributed by atoms with Crippen LogP contribution in [0.25, 0.3) is 0 Å². The van der Waals surface area contributed by atoms with Crippen molar-refractivity contribution < 1.29 is 0 Å². The summed E-state index contributed by atoms with van der Waals surface area (Å²) in [6.07, 6.45) is 0. The first kappa shape index (κ1) is 9.88. The molecule has 0 bridgehead atoms. The fraction of sp³-hybridized carbons (Fsp3) is 0.143. The van der Waals surface area contributed by atoms with E-state index in [1.807, 2.05) is 12.1 Å². The summed E-state index contributed by atoms with van der Waals surface area (Å²) in [6.45, 7) is 0.508. The zero-order valence-corrected chi connectivity index (χ0v) is 10.1. The van der Waals surface area contributed by atoms with E-state index >= 15 is 0 Å². The standard InChI is InChI=1S/C7H6BrN3OS2/c8-5-2-1-4(14-5)3-11-6(12)9-10-7(11)13/h1-2H,3H2,(H,9,12)(H,10,13). The van der Waals surface area contributed by atoms with Crippen LogP contribution < -0.4 is 5.69 Å². The van der Waals surface area contributed by atoms with Gasteiger partial charge in [0.15, 0.2) is 4.77 Å². The van der Waals surface area contributed by atoms with Gasteiger partial charge in [0.05, 0.1) is 10.3 Å². The second-order valence-electron chi connectivity index (χ2n) is 2.65. The minimum atomic E-state index is -0.209. The van der Waals surface area contributed by atoms with E-state index in [-0.39, 0.29) is 5.69 Å². The lowest BCUT2D eigenvalue weighted by Gasteiger charge is -1.95. The van der Waals surface area contributed by atoms with Gasteiger partial charge >= 0.3 is 5.69 Å². The fourth-order valence-electron chi connectivity index (χ4n) is 1.07. The van der Waals surface area contributed by atoms with Crippen LogP contribution in [-0.4, -0.2) is 14.8 Å².